The number of benzene rings is 6. The molecule has 0 atom stereocenters. The normalized spacial score (nSPS) is 12.4. The van der Waals surface area contributed by atoms with Crippen molar-refractivity contribution < 1.29 is 4.74 Å². The van der Waals surface area contributed by atoms with Crippen LogP contribution >= 0.6 is 0 Å². The second-order valence-electron chi connectivity index (χ2n) is 12.5. The van der Waals surface area contributed by atoms with E-state index in [1.165, 1.54) is 44.5 Å². The maximum atomic E-state index is 6.94. The van der Waals surface area contributed by atoms with Crippen molar-refractivity contribution in [2.45, 2.75) is 58.8 Å². The second-order valence-corrected chi connectivity index (χ2v) is 12.5. The average Bonchev–Trinajstić information content (AvgIpc) is 3.08. The van der Waals surface area contributed by atoms with Crippen molar-refractivity contribution in [3.8, 4) is 11.5 Å². The van der Waals surface area contributed by atoms with E-state index in [9.17, 15) is 0 Å². The van der Waals surface area contributed by atoms with E-state index in [0.29, 0.717) is 0 Å². The van der Waals surface area contributed by atoms with Gasteiger partial charge in [-0.3, -0.25) is 0 Å². The molecule has 46 heavy (non-hydrogen) atoms. The summed E-state index contributed by atoms with van der Waals surface area (Å²) in [6.45, 7) is 6.76. The first-order chi connectivity index (χ1) is 22.0. The molecule has 0 aromatic heterocycles. The summed E-state index contributed by atoms with van der Waals surface area (Å²) < 4.78 is 6.94. The van der Waals surface area contributed by atoms with E-state index in [4.69, 9.17) is 4.74 Å². The number of ether oxygens (including phenoxy) is 1. The molecule has 1 heterocycles. The molecule has 0 spiro atoms. The zero-order chi connectivity index (χ0) is 31.1. The highest BCUT2D eigenvalue weighted by Crippen LogP contribution is 2.51. The van der Waals surface area contributed by atoms with Crippen LogP contribution in [0.3, 0.4) is 0 Å². The molecule has 0 aliphatic carbocycles. The Bertz CT molecular complexity index is 1770. The van der Waals surface area contributed by atoms with Crippen LogP contribution in [0.1, 0.15) is 71.7 Å². The number of hydrogen-bond acceptors (Lipinski definition) is 1. The molecular weight excluding hydrogens is 556 g/mol. The van der Waals surface area contributed by atoms with E-state index in [0.717, 1.165) is 30.8 Å². The summed E-state index contributed by atoms with van der Waals surface area (Å²) in [4.78, 5) is 0. The molecule has 0 fully saturated rings. The van der Waals surface area contributed by atoms with Gasteiger partial charge in [0, 0.05) is 22.5 Å². The maximum absolute atomic E-state index is 6.94. The van der Waals surface area contributed by atoms with Crippen LogP contribution in [0, 0.1) is 6.92 Å². The van der Waals surface area contributed by atoms with Crippen LogP contribution < -0.4 is 4.74 Å². The minimum Gasteiger partial charge on any atom is -0.456 e. The molecule has 0 saturated heterocycles. The molecule has 0 saturated carbocycles. The summed E-state index contributed by atoms with van der Waals surface area (Å²) >= 11 is 0. The average molecular weight is 603 g/mol. The van der Waals surface area contributed by atoms with Crippen molar-refractivity contribution >= 4 is 0 Å². The number of hydrogen-bond donors (Lipinski definition) is 0. The first kappa shape index (κ1) is 32.5. The SMILES string of the molecule is C.CC1(C)c2cccc(CCc3ccccc3)c2Oc2c(CC(c3ccccc3)c3ccccc3)cccc21.Cc1ccccc1. The highest BCUT2D eigenvalue weighted by Gasteiger charge is 2.36. The van der Waals surface area contributed by atoms with Gasteiger partial charge in [0.05, 0.1) is 0 Å². The first-order valence-corrected chi connectivity index (χ1v) is 16.1. The molecule has 1 aliphatic heterocycles. The number of fused-ring (bicyclic) bond motifs is 2. The fourth-order valence-electron chi connectivity index (χ4n) is 6.48. The van der Waals surface area contributed by atoms with Gasteiger partial charge in [0.2, 0.25) is 0 Å². The lowest BCUT2D eigenvalue weighted by Crippen LogP contribution is -2.26. The molecule has 0 radical (unpaired) electrons. The van der Waals surface area contributed by atoms with E-state index in [1.54, 1.807) is 0 Å². The summed E-state index contributed by atoms with van der Waals surface area (Å²) in [6.07, 6.45) is 2.84. The van der Waals surface area contributed by atoms with E-state index >= 15 is 0 Å². The monoisotopic (exact) mass is 602 g/mol. The highest BCUT2D eigenvalue weighted by atomic mass is 16.5. The summed E-state index contributed by atoms with van der Waals surface area (Å²) in [6, 6.07) is 56.1. The minimum absolute atomic E-state index is 0. The fraction of sp³-hybridized carbons (Fsp3) is 0.200. The Kier molecular flexibility index (Phi) is 10.6. The highest BCUT2D eigenvalue weighted by molar-refractivity contribution is 5.61. The van der Waals surface area contributed by atoms with Gasteiger partial charge in [-0.1, -0.05) is 185 Å². The van der Waals surface area contributed by atoms with Crippen molar-refractivity contribution in [1.82, 2.24) is 0 Å². The molecule has 7 rings (SSSR count). The van der Waals surface area contributed by atoms with E-state index in [2.05, 4.69) is 160 Å². The van der Waals surface area contributed by atoms with Gasteiger partial charge < -0.3 is 4.74 Å². The summed E-state index contributed by atoms with van der Waals surface area (Å²) in [7, 11) is 0. The van der Waals surface area contributed by atoms with Gasteiger partial charge in [-0.05, 0) is 54.0 Å². The Morgan fingerprint density at radius 2 is 0.957 bits per heavy atom. The fourth-order valence-corrected chi connectivity index (χ4v) is 6.48. The molecule has 1 aliphatic rings. The molecule has 0 N–H and O–H groups in total. The second kappa shape index (κ2) is 14.9. The van der Waals surface area contributed by atoms with Gasteiger partial charge in [0.1, 0.15) is 11.5 Å². The topological polar surface area (TPSA) is 9.23 Å². The third-order valence-electron chi connectivity index (χ3n) is 9.04. The van der Waals surface area contributed by atoms with Crippen LogP contribution in [-0.4, -0.2) is 0 Å². The smallest absolute Gasteiger partial charge is 0.134 e. The Morgan fingerprint density at radius 3 is 1.46 bits per heavy atom. The molecule has 0 bridgehead atoms. The standard InChI is InChI=1S/C37H34O.C7H8.CH4/c1-37(2)33-22-12-20-30(25-24-27-14-6-3-7-15-27)35(33)38-36-31(21-13-23-34(36)37)26-32(28-16-8-4-9-17-28)29-18-10-5-11-19-29;1-7-5-3-2-4-6-7;/h3-23,32H,24-26H2,1-2H3;2-6H,1H3;1H4. The number of para-hydroxylation sites is 2. The van der Waals surface area contributed by atoms with E-state index < -0.39 is 0 Å². The molecule has 1 nitrogen and oxygen atoms in total. The summed E-state index contributed by atoms with van der Waals surface area (Å²) in [5.41, 5.74) is 10.3. The van der Waals surface area contributed by atoms with Gasteiger partial charge in [-0.2, -0.15) is 0 Å². The predicted octanol–water partition coefficient (Wildman–Crippen LogP) is 11.9. The van der Waals surface area contributed by atoms with Gasteiger partial charge >= 0.3 is 0 Å². The van der Waals surface area contributed by atoms with Crippen LogP contribution in [-0.2, 0) is 24.7 Å². The summed E-state index contributed by atoms with van der Waals surface area (Å²) in [5.74, 6) is 2.34. The largest absolute Gasteiger partial charge is 0.456 e. The van der Waals surface area contributed by atoms with E-state index in [1.807, 2.05) is 18.2 Å². The van der Waals surface area contributed by atoms with Crippen molar-refractivity contribution in [3.63, 3.8) is 0 Å². The number of aryl methyl sites for hydroxylation is 3. The Hall–Kier alpha value is -4.88. The molecule has 0 unspecified atom stereocenters. The van der Waals surface area contributed by atoms with Crippen LogP contribution in [0.15, 0.2) is 158 Å². The van der Waals surface area contributed by atoms with Gasteiger partial charge in [-0.25, -0.2) is 0 Å². The summed E-state index contributed by atoms with van der Waals surface area (Å²) in [5, 5.41) is 0. The molecular formula is C45H46O. The Morgan fingerprint density at radius 1 is 0.500 bits per heavy atom. The van der Waals surface area contributed by atoms with Crippen molar-refractivity contribution in [3.05, 3.63) is 202 Å². The van der Waals surface area contributed by atoms with Gasteiger partial charge in [0.15, 0.2) is 0 Å². The predicted molar refractivity (Wildman–Crippen MR) is 195 cm³/mol. The third kappa shape index (κ3) is 7.32. The third-order valence-corrected chi connectivity index (χ3v) is 9.04. The zero-order valence-electron chi connectivity index (χ0n) is 26.6. The molecule has 232 valence electrons. The Labute approximate surface area is 276 Å². The molecule has 1 heteroatoms. The quantitative estimate of drug-likeness (QED) is 0.177. The minimum atomic E-state index is -0.142. The first-order valence-electron chi connectivity index (χ1n) is 16.1. The maximum Gasteiger partial charge on any atom is 0.134 e. The number of rotatable bonds is 7. The van der Waals surface area contributed by atoms with Crippen LogP contribution in [0.25, 0.3) is 0 Å². The van der Waals surface area contributed by atoms with Gasteiger partial charge in [0.25, 0.3) is 0 Å². The van der Waals surface area contributed by atoms with Crippen molar-refractivity contribution in [2.24, 2.45) is 0 Å². The lowest BCUT2D eigenvalue weighted by molar-refractivity contribution is 0.407. The lowest BCUT2D eigenvalue weighted by atomic mass is 9.73. The van der Waals surface area contributed by atoms with E-state index in [-0.39, 0.29) is 18.8 Å². The van der Waals surface area contributed by atoms with Crippen molar-refractivity contribution in [1.29, 1.82) is 0 Å². The molecule has 0 amide bonds. The van der Waals surface area contributed by atoms with Gasteiger partial charge in [-0.15, -0.1) is 0 Å². The molecule has 6 aromatic rings. The van der Waals surface area contributed by atoms with Crippen molar-refractivity contribution in [2.75, 3.05) is 0 Å². The van der Waals surface area contributed by atoms with Crippen LogP contribution in [0.4, 0.5) is 0 Å². The molecule has 6 aromatic carbocycles. The lowest BCUT2D eigenvalue weighted by Gasteiger charge is -2.37. The Balaban J connectivity index is 0.000000463. The zero-order valence-corrected chi connectivity index (χ0v) is 26.6. The van der Waals surface area contributed by atoms with Crippen LogP contribution in [0.2, 0.25) is 0 Å². The van der Waals surface area contributed by atoms with Crippen LogP contribution in [0.5, 0.6) is 11.5 Å².